The lowest BCUT2D eigenvalue weighted by molar-refractivity contribution is -0.115. The Morgan fingerprint density at radius 1 is 1.19 bits per heavy atom. The number of carbonyl (C=O) groups is 1. The molecule has 0 unspecified atom stereocenters. The Kier molecular flexibility index (Phi) is 6.19. The minimum absolute atomic E-state index is 0.135. The van der Waals surface area contributed by atoms with E-state index in [9.17, 15) is 4.79 Å². The van der Waals surface area contributed by atoms with E-state index in [0.717, 1.165) is 11.1 Å². The van der Waals surface area contributed by atoms with E-state index in [1.54, 1.807) is 12.4 Å². The fraction of sp³-hybridized carbons (Fsp3) is 0.250. The van der Waals surface area contributed by atoms with Gasteiger partial charge in [0, 0.05) is 16.8 Å². The molecule has 0 saturated heterocycles. The number of amides is 1. The van der Waals surface area contributed by atoms with Gasteiger partial charge < -0.3 is 9.88 Å². The lowest BCUT2D eigenvalue weighted by atomic mass is 10.1. The average molecular weight is 401 g/mol. The molecule has 0 bridgehead atoms. The van der Waals surface area contributed by atoms with Crippen molar-refractivity contribution >= 4 is 35.0 Å². The highest BCUT2D eigenvalue weighted by atomic mass is 35.5. The third-order valence-electron chi connectivity index (χ3n) is 4.10. The van der Waals surface area contributed by atoms with E-state index < -0.39 is 5.25 Å². The standard InChI is InChI=1S/C20H21ClN4OS/c1-13(2)25-12-22-24-20(25)27-18(15-7-5-4-6-8-15)19(26)23-16-10-9-14(3)17(21)11-16/h4-13,18H,1-3H3,(H,23,26)/t18-/m0/s1. The first-order valence-electron chi connectivity index (χ1n) is 8.64. The van der Waals surface area contributed by atoms with Gasteiger partial charge >= 0.3 is 0 Å². The number of halogens is 1. The van der Waals surface area contributed by atoms with Crippen LogP contribution in [0.2, 0.25) is 5.02 Å². The summed E-state index contributed by atoms with van der Waals surface area (Å²) in [5.74, 6) is -0.135. The molecule has 0 fully saturated rings. The van der Waals surface area contributed by atoms with Gasteiger partial charge in [-0.15, -0.1) is 10.2 Å². The summed E-state index contributed by atoms with van der Waals surface area (Å²) in [6.45, 7) is 6.04. The molecule has 7 heteroatoms. The minimum atomic E-state index is -0.465. The SMILES string of the molecule is Cc1ccc(NC(=O)[C@@H](Sc2nncn2C(C)C)c2ccccc2)cc1Cl. The van der Waals surface area contributed by atoms with Crippen LogP contribution < -0.4 is 5.32 Å². The molecule has 0 aliphatic heterocycles. The van der Waals surface area contributed by atoms with Crippen LogP contribution >= 0.6 is 23.4 Å². The third kappa shape index (κ3) is 4.70. The fourth-order valence-corrected chi connectivity index (χ4v) is 3.88. The first-order chi connectivity index (χ1) is 13.0. The predicted molar refractivity (Wildman–Crippen MR) is 110 cm³/mol. The monoisotopic (exact) mass is 400 g/mol. The molecule has 0 aliphatic carbocycles. The number of rotatable bonds is 6. The van der Waals surface area contributed by atoms with Gasteiger partial charge in [-0.25, -0.2) is 0 Å². The van der Waals surface area contributed by atoms with Crippen LogP contribution in [0.4, 0.5) is 5.69 Å². The molecule has 27 heavy (non-hydrogen) atoms. The van der Waals surface area contributed by atoms with E-state index in [0.29, 0.717) is 15.9 Å². The van der Waals surface area contributed by atoms with Gasteiger partial charge in [0.25, 0.3) is 0 Å². The summed E-state index contributed by atoms with van der Waals surface area (Å²) in [4.78, 5) is 13.1. The number of aromatic nitrogens is 3. The lowest BCUT2D eigenvalue weighted by Crippen LogP contribution is -2.19. The fourth-order valence-electron chi connectivity index (χ4n) is 2.56. The molecule has 0 aliphatic rings. The molecule has 1 aromatic heterocycles. The van der Waals surface area contributed by atoms with E-state index in [1.165, 1.54) is 11.8 Å². The first-order valence-corrected chi connectivity index (χ1v) is 9.89. The Morgan fingerprint density at radius 2 is 1.93 bits per heavy atom. The molecule has 1 N–H and O–H groups in total. The van der Waals surface area contributed by atoms with Gasteiger partial charge in [0.1, 0.15) is 11.6 Å². The summed E-state index contributed by atoms with van der Waals surface area (Å²) >= 11 is 7.57. The van der Waals surface area contributed by atoms with Gasteiger partial charge in [-0.3, -0.25) is 4.79 Å². The zero-order valence-corrected chi connectivity index (χ0v) is 17.0. The quantitative estimate of drug-likeness (QED) is 0.571. The molecule has 0 radical (unpaired) electrons. The maximum atomic E-state index is 13.1. The molecular formula is C20H21ClN4OS. The maximum Gasteiger partial charge on any atom is 0.242 e. The zero-order valence-electron chi connectivity index (χ0n) is 15.4. The summed E-state index contributed by atoms with van der Waals surface area (Å²) in [7, 11) is 0. The molecule has 0 spiro atoms. The third-order valence-corrected chi connectivity index (χ3v) is 5.73. The number of carbonyl (C=O) groups excluding carboxylic acids is 1. The van der Waals surface area contributed by atoms with Crippen LogP contribution in [0, 0.1) is 6.92 Å². The molecule has 1 atom stereocenters. The van der Waals surface area contributed by atoms with Crippen molar-refractivity contribution in [3.05, 3.63) is 71.0 Å². The molecule has 1 heterocycles. The number of aryl methyl sites for hydroxylation is 1. The Morgan fingerprint density at radius 3 is 2.59 bits per heavy atom. The number of hydrogen-bond donors (Lipinski definition) is 1. The van der Waals surface area contributed by atoms with Gasteiger partial charge in [-0.2, -0.15) is 0 Å². The molecular weight excluding hydrogens is 380 g/mol. The zero-order chi connectivity index (χ0) is 19.4. The number of hydrogen-bond acceptors (Lipinski definition) is 4. The van der Waals surface area contributed by atoms with Crippen molar-refractivity contribution in [3.8, 4) is 0 Å². The van der Waals surface area contributed by atoms with Crippen LogP contribution in [0.15, 0.2) is 60.0 Å². The Balaban J connectivity index is 1.88. The summed E-state index contributed by atoms with van der Waals surface area (Å²) < 4.78 is 1.95. The highest BCUT2D eigenvalue weighted by Crippen LogP contribution is 2.36. The molecule has 5 nitrogen and oxygen atoms in total. The van der Waals surface area contributed by atoms with E-state index in [4.69, 9.17) is 11.6 Å². The van der Waals surface area contributed by atoms with Crippen molar-refractivity contribution in [2.75, 3.05) is 5.32 Å². The van der Waals surface area contributed by atoms with Crippen LogP contribution in [0.5, 0.6) is 0 Å². The van der Waals surface area contributed by atoms with Gasteiger partial charge in [-0.05, 0) is 44.0 Å². The number of nitrogens with zero attached hydrogens (tertiary/aromatic N) is 3. The van der Waals surface area contributed by atoms with Gasteiger partial charge in [0.2, 0.25) is 5.91 Å². The summed E-state index contributed by atoms with van der Waals surface area (Å²) in [6, 6.07) is 15.4. The van der Waals surface area contributed by atoms with Crippen LogP contribution in [0.3, 0.4) is 0 Å². The largest absolute Gasteiger partial charge is 0.325 e. The molecule has 0 saturated carbocycles. The van der Waals surface area contributed by atoms with E-state index in [1.807, 2.05) is 54.0 Å². The van der Waals surface area contributed by atoms with Crippen molar-refractivity contribution in [2.24, 2.45) is 0 Å². The maximum absolute atomic E-state index is 13.1. The second-order valence-electron chi connectivity index (χ2n) is 6.48. The van der Waals surface area contributed by atoms with Gasteiger partial charge in [-0.1, -0.05) is 59.8 Å². The second kappa shape index (κ2) is 8.59. The number of thioether (sulfide) groups is 1. The summed E-state index contributed by atoms with van der Waals surface area (Å²) in [6.07, 6.45) is 1.69. The van der Waals surface area contributed by atoms with Crippen LogP contribution in [-0.4, -0.2) is 20.7 Å². The van der Waals surface area contributed by atoms with E-state index in [-0.39, 0.29) is 11.9 Å². The highest BCUT2D eigenvalue weighted by molar-refractivity contribution is 8.00. The van der Waals surface area contributed by atoms with Crippen molar-refractivity contribution in [1.82, 2.24) is 14.8 Å². The Bertz CT molecular complexity index is 927. The Labute approximate surface area is 168 Å². The smallest absolute Gasteiger partial charge is 0.242 e. The number of nitrogens with one attached hydrogen (secondary N) is 1. The molecule has 1 amide bonds. The van der Waals surface area contributed by atoms with E-state index in [2.05, 4.69) is 29.4 Å². The summed E-state index contributed by atoms with van der Waals surface area (Å²) in [5, 5.41) is 12.0. The first kappa shape index (κ1) is 19.5. The number of anilines is 1. The van der Waals surface area contributed by atoms with Crippen LogP contribution in [0.25, 0.3) is 0 Å². The van der Waals surface area contributed by atoms with Crippen molar-refractivity contribution in [3.63, 3.8) is 0 Å². The molecule has 2 aromatic carbocycles. The molecule has 140 valence electrons. The average Bonchev–Trinajstić information content (AvgIpc) is 3.12. The van der Waals surface area contributed by atoms with Crippen molar-refractivity contribution < 1.29 is 4.79 Å². The highest BCUT2D eigenvalue weighted by Gasteiger charge is 2.25. The minimum Gasteiger partial charge on any atom is -0.325 e. The van der Waals surface area contributed by atoms with Gasteiger partial charge in [0.05, 0.1) is 0 Å². The van der Waals surface area contributed by atoms with Gasteiger partial charge in [0.15, 0.2) is 5.16 Å². The van der Waals surface area contributed by atoms with Crippen molar-refractivity contribution in [1.29, 1.82) is 0 Å². The topological polar surface area (TPSA) is 59.8 Å². The number of benzene rings is 2. The predicted octanol–water partition coefficient (Wildman–Crippen LogP) is 5.29. The normalized spacial score (nSPS) is 12.2. The second-order valence-corrected chi connectivity index (χ2v) is 7.96. The molecule has 3 rings (SSSR count). The summed E-state index contributed by atoms with van der Waals surface area (Å²) in [5.41, 5.74) is 2.53. The lowest BCUT2D eigenvalue weighted by Gasteiger charge is -2.18. The van der Waals surface area contributed by atoms with E-state index >= 15 is 0 Å². The molecule has 3 aromatic rings. The Hall–Kier alpha value is -2.31. The van der Waals surface area contributed by atoms with Crippen molar-refractivity contribution in [2.45, 2.75) is 37.2 Å². The van der Waals surface area contributed by atoms with Crippen LogP contribution in [0.1, 0.15) is 36.3 Å². The van der Waals surface area contributed by atoms with Crippen LogP contribution in [-0.2, 0) is 4.79 Å².